The van der Waals surface area contributed by atoms with Crippen LogP contribution in [0.2, 0.25) is 0 Å². The maximum absolute atomic E-state index is 11.9. The maximum atomic E-state index is 11.9. The Morgan fingerprint density at radius 2 is 2.39 bits per heavy atom. The van der Waals surface area contributed by atoms with Crippen LogP contribution in [0.5, 0.6) is 0 Å². The molecule has 0 amide bonds. The number of hydrogen-bond donors (Lipinski definition) is 1. The number of nitrogens with zero attached hydrogens (tertiary/aromatic N) is 3. The lowest BCUT2D eigenvalue weighted by molar-refractivity contribution is -0.149. The van der Waals surface area contributed by atoms with E-state index in [4.69, 9.17) is 4.74 Å². The Bertz CT molecular complexity index is 535. The van der Waals surface area contributed by atoms with Crippen molar-refractivity contribution in [1.29, 1.82) is 0 Å². The number of piperidine rings is 1. The van der Waals surface area contributed by atoms with Gasteiger partial charge in [-0.05, 0) is 26.7 Å². The molecule has 1 aliphatic rings. The standard InChI is InChI=1S/C15H24N4O2S.HI/c1-4-21-14(20)12-6-5-7-19(9-12)15(16-3)17-8-13-18-11(2)10-22-13;/h10,12H,4-9H2,1-3H3,(H,16,17);1H/t12-;/m0./s1. The number of likely N-dealkylation sites (tertiary alicyclic amines) is 1. The average molecular weight is 452 g/mol. The van der Waals surface area contributed by atoms with Crippen molar-refractivity contribution in [2.75, 3.05) is 26.7 Å². The highest BCUT2D eigenvalue weighted by molar-refractivity contribution is 14.0. The highest BCUT2D eigenvalue weighted by atomic mass is 127. The van der Waals surface area contributed by atoms with Crippen molar-refractivity contribution in [2.45, 2.75) is 33.2 Å². The molecule has 0 bridgehead atoms. The summed E-state index contributed by atoms with van der Waals surface area (Å²) in [5.74, 6) is 0.661. The number of aromatic nitrogens is 1. The van der Waals surface area contributed by atoms with Crippen LogP contribution in [0.15, 0.2) is 10.4 Å². The molecule has 0 radical (unpaired) electrons. The van der Waals surface area contributed by atoms with Gasteiger partial charge in [-0.2, -0.15) is 0 Å². The molecule has 0 aromatic carbocycles. The minimum atomic E-state index is -0.0989. The topological polar surface area (TPSA) is 66.8 Å². The Kier molecular flexibility index (Phi) is 8.82. The lowest BCUT2D eigenvalue weighted by Crippen LogP contribution is -2.48. The van der Waals surface area contributed by atoms with Gasteiger partial charge >= 0.3 is 5.97 Å². The van der Waals surface area contributed by atoms with E-state index in [0.717, 1.165) is 36.0 Å². The summed E-state index contributed by atoms with van der Waals surface area (Å²) < 4.78 is 5.14. The summed E-state index contributed by atoms with van der Waals surface area (Å²) in [6, 6.07) is 0. The predicted molar refractivity (Wildman–Crippen MR) is 103 cm³/mol. The number of aryl methyl sites for hydroxylation is 1. The number of halogens is 1. The number of aliphatic imine (C=N–C) groups is 1. The number of rotatable bonds is 4. The maximum Gasteiger partial charge on any atom is 0.310 e. The predicted octanol–water partition coefficient (Wildman–Crippen LogP) is 2.42. The van der Waals surface area contributed by atoms with Gasteiger partial charge in [0.1, 0.15) is 5.01 Å². The molecule has 1 atom stereocenters. The molecule has 1 aromatic rings. The van der Waals surface area contributed by atoms with Crippen LogP contribution < -0.4 is 5.32 Å². The first-order valence-corrected chi connectivity index (χ1v) is 8.55. The van der Waals surface area contributed by atoms with Crippen LogP contribution in [0.3, 0.4) is 0 Å². The van der Waals surface area contributed by atoms with Gasteiger partial charge in [-0.1, -0.05) is 0 Å². The number of ether oxygens (including phenoxy) is 1. The summed E-state index contributed by atoms with van der Waals surface area (Å²) in [6.07, 6.45) is 1.86. The third-order valence-corrected chi connectivity index (χ3v) is 4.58. The highest BCUT2D eigenvalue weighted by Gasteiger charge is 2.28. The molecule has 1 aromatic heterocycles. The zero-order valence-corrected chi connectivity index (χ0v) is 17.0. The Morgan fingerprint density at radius 1 is 1.61 bits per heavy atom. The van der Waals surface area contributed by atoms with Crippen LogP contribution >= 0.6 is 35.3 Å². The molecule has 6 nitrogen and oxygen atoms in total. The zero-order chi connectivity index (χ0) is 15.9. The number of guanidine groups is 1. The fraction of sp³-hybridized carbons (Fsp3) is 0.667. The molecule has 1 saturated heterocycles. The summed E-state index contributed by atoms with van der Waals surface area (Å²) in [7, 11) is 1.77. The van der Waals surface area contributed by atoms with Gasteiger partial charge in [0.15, 0.2) is 5.96 Å². The van der Waals surface area contributed by atoms with Crippen LogP contribution in [-0.2, 0) is 16.1 Å². The fourth-order valence-electron chi connectivity index (χ4n) is 2.59. The first kappa shape index (κ1) is 20.1. The smallest absolute Gasteiger partial charge is 0.310 e. The number of nitrogens with one attached hydrogen (secondary N) is 1. The zero-order valence-electron chi connectivity index (χ0n) is 13.9. The van der Waals surface area contributed by atoms with E-state index in [1.807, 2.05) is 19.2 Å². The van der Waals surface area contributed by atoms with Gasteiger partial charge in [-0.15, -0.1) is 35.3 Å². The third-order valence-electron chi connectivity index (χ3n) is 3.62. The van der Waals surface area contributed by atoms with E-state index in [1.165, 1.54) is 0 Å². The van der Waals surface area contributed by atoms with Crippen molar-refractivity contribution in [1.82, 2.24) is 15.2 Å². The Morgan fingerprint density at radius 3 is 3.00 bits per heavy atom. The second kappa shape index (κ2) is 10.1. The second-order valence-corrected chi connectivity index (χ2v) is 6.26. The summed E-state index contributed by atoms with van der Waals surface area (Å²) in [4.78, 5) is 22.8. The lowest BCUT2D eigenvalue weighted by atomic mass is 9.98. The number of esters is 1. The van der Waals surface area contributed by atoms with Crippen molar-refractivity contribution in [3.63, 3.8) is 0 Å². The fourth-order valence-corrected chi connectivity index (χ4v) is 3.30. The third kappa shape index (κ3) is 5.91. The minimum absolute atomic E-state index is 0. The Hall–Kier alpha value is -0.900. The largest absolute Gasteiger partial charge is 0.466 e. The highest BCUT2D eigenvalue weighted by Crippen LogP contribution is 2.18. The van der Waals surface area contributed by atoms with Gasteiger partial charge in [-0.25, -0.2) is 4.98 Å². The van der Waals surface area contributed by atoms with Gasteiger partial charge in [0, 0.05) is 31.2 Å². The molecule has 0 unspecified atom stereocenters. The van der Waals surface area contributed by atoms with Crippen LogP contribution in [0.25, 0.3) is 0 Å². The summed E-state index contributed by atoms with van der Waals surface area (Å²) >= 11 is 1.64. The molecule has 1 aliphatic heterocycles. The number of thiazole rings is 1. The molecule has 2 rings (SSSR count). The normalized spacial score (nSPS) is 18.3. The molecule has 130 valence electrons. The lowest BCUT2D eigenvalue weighted by Gasteiger charge is -2.33. The monoisotopic (exact) mass is 452 g/mol. The van der Waals surface area contributed by atoms with E-state index in [2.05, 4.69) is 20.2 Å². The SMILES string of the molecule is CCOC(=O)[C@H]1CCCN(C(=NC)NCc2nc(C)cs2)C1.I. The van der Waals surface area contributed by atoms with Crippen molar-refractivity contribution in [3.8, 4) is 0 Å². The summed E-state index contributed by atoms with van der Waals surface area (Å²) in [6.45, 7) is 6.50. The van der Waals surface area contributed by atoms with E-state index in [0.29, 0.717) is 19.7 Å². The van der Waals surface area contributed by atoms with Gasteiger partial charge in [0.2, 0.25) is 0 Å². The van der Waals surface area contributed by atoms with Crippen molar-refractivity contribution >= 4 is 47.2 Å². The van der Waals surface area contributed by atoms with E-state index in [-0.39, 0.29) is 35.9 Å². The van der Waals surface area contributed by atoms with Crippen LogP contribution in [0.4, 0.5) is 0 Å². The summed E-state index contributed by atoms with van der Waals surface area (Å²) in [5.41, 5.74) is 1.04. The number of carbonyl (C=O) groups is 1. The summed E-state index contributed by atoms with van der Waals surface area (Å²) in [5, 5.41) is 6.41. The molecule has 2 heterocycles. The number of hydrogen-bond acceptors (Lipinski definition) is 5. The van der Waals surface area contributed by atoms with Crippen molar-refractivity contribution in [2.24, 2.45) is 10.9 Å². The van der Waals surface area contributed by atoms with Crippen molar-refractivity contribution < 1.29 is 9.53 Å². The van der Waals surface area contributed by atoms with Gasteiger partial charge in [0.25, 0.3) is 0 Å². The molecule has 1 N–H and O–H groups in total. The molecule has 23 heavy (non-hydrogen) atoms. The van der Waals surface area contributed by atoms with Gasteiger partial charge < -0.3 is 15.0 Å². The molecule has 0 spiro atoms. The Balaban J connectivity index is 0.00000264. The van der Waals surface area contributed by atoms with Crippen LogP contribution in [-0.4, -0.2) is 48.6 Å². The van der Waals surface area contributed by atoms with E-state index in [9.17, 15) is 4.79 Å². The van der Waals surface area contributed by atoms with Crippen LogP contribution in [0, 0.1) is 12.8 Å². The minimum Gasteiger partial charge on any atom is -0.466 e. The first-order chi connectivity index (χ1) is 10.6. The molecule has 0 saturated carbocycles. The average Bonchev–Trinajstić information content (AvgIpc) is 2.94. The van der Waals surface area contributed by atoms with E-state index in [1.54, 1.807) is 18.4 Å². The van der Waals surface area contributed by atoms with Crippen molar-refractivity contribution in [3.05, 3.63) is 16.1 Å². The molecular formula is C15H25IN4O2S. The van der Waals surface area contributed by atoms with E-state index < -0.39 is 0 Å². The molecular weight excluding hydrogens is 427 g/mol. The first-order valence-electron chi connectivity index (χ1n) is 7.67. The van der Waals surface area contributed by atoms with Gasteiger partial charge in [-0.3, -0.25) is 9.79 Å². The molecule has 0 aliphatic carbocycles. The second-order valence-electron chi connectivity index (χ2n) is 5.32. The molecule has 1 fully saturated rings. The van der Waals surface area contributed by atoms with Crippen LogP contribution in [0.1, 0.15) is 30.5 Å². The van der Waals surface area contributed by atoms with E-state index >= 15 is 0 Å². The quantitative estimate of drug-likeness (QED) is 0.329. The van der Waals surface area contributed by atoms with Gasteiger partial charge in [0.05, 0.1) is 19.1 Å². The molecule has 8 heteroatoms. The number of carbonyl (C=O) groups excluding carboxylic acids is 1. The Labute approximate surface area is 158 Å².